The Labute approximate surface area is 170 Å². The monoisotopic (exact) mass is 396 g/mol. The van der Waals surface area contributed by atoms with E-state index in [1.165, 1.54) is 5.56 Å². The van der Waals surface area contributed by atoms with E-state index in [1.807, 2.05) is 30.5 Å². The zero-order valence-electron chi connectivity index (χ0n) is 16.0. The maximum Gasteiger partial charge on any atom is 0.135 e. The Hall–Kier alpha value is -2.34. The molecule has 0 saturated carbocycles. The molecule has 2 aromatic carbocycles. The van der Waals surface area contributed by atoms with Crippen LogP contribution >= 0.6 is 11.6 Å². The summed E-state index contributed by atoms with van der Waals surface area (Å²) in [4.78, 5) is 6.85. The standard InChI is InChI=1S/C22H25ClN4O/c1-28-20-11-14(13-27-8-6-17(24)7-9-27)10-18-19(12-26-22(25)21(18)20)15-2-4-16(23)5-3-15/h2-5,10-12,17H,6-9,13,24H2,1H3,(H2,25,26). The van der Waals surface area contributed by atoms with E-state index in [2.05, 4.69) is 22.0 Å². The molecule has 0 spiro atoms. The first-order valence-corrected chi connectivity index (χ1v) is 9.92. The number of aromatic nitrogens is 1. The van der Waals surface area contributed by atoms with Gasteiger partial charge in [-0.1, -0.05) is 23.7 Å². The van der Waals surface area contributed by atoms with Crippen LogP contribution in [0.2, 0.25) is 5.02 Å². The molecule has 3 aromatic rings. The molecule has 0 atom stereocenters. The molecule has 2 heterocycles. The third kappa shape index (κ3) is 3.78. The Kier molecular flexibility index (Phi) is 5.40. The minimum atomic E-state index is 0.324. The fraction of sp³-hybridized carbons (Fsp3) is 0.318. The van der Waals surface area contributed by atoms with Crippen molar-refractivity contribution in [3.8, 4) is 16.9 Å². The Morgan fingerprint density at radius 3 is 2.57 bits per heavy atom. The van der Waals surface area contributed by atoms with Gasteiger partial charge in [0, 0.05) is 29.4 Å². The maximum absolute atomic E-state index is 6.22. The second-order valence-corrected chi connectivity index (χ2v) is 7.83. The molecule has 4 N–H and O–H groups in total. The number of ether oxygens (including phenoxy) is 1. The molecule has 0 bridgehead atoms. The summed E-state index contributed by atoms with van der Waals surface area (Å²) in [7, 11) is 1.67. The highest BCUT2D eigenvalue weighted by Crippen LogP contribution is 2.38. The Morgan fingerprint density at radius 1 is 1.18 bits per heavy atom. The first-order valence-electron chi connectivity index (χ1n) is 9.54. The highest BCUT2D eigenvalue weighted by atomic mass is 35.5. The van der Waals surface area contributed by atoms with Crippen LogP contribution in [0.4, 0.5) is 5.82 Å². The van der Waals surface area contributed by atoms with Crippen molar-refractivity contribution < 1.29 is 4.74 Å². The van der Waals surface area contributed by atoms with E-state index in [9.17, 15) is 0 Å². The lowest BCUT2D eigenvalue weighted by atomic mass is 9.97. The van der Waals surface area contributed by atoms with Crippen LogP contribution in [0, 0.1) is 0 Å². The van der Waals surface area contributed by atoms with Crippen LogP contribution in [-0.4, -0.2) is 36.1 Å². The zero-order chi connectivity index (χ0) is 19.7. The summed E-state index contributed by atoms with van der Waals surface area (Å²) in [5.74, 6) is 1.22. The van der Waals surface area contributed by atoms with Gasteiger partial charge in [0.15, 0.2) is 0 Å². The van der Waals surface area contributed by atoms with Crippen LogP contribution in [0.3, 0.4) is 0 Å². The molecule has 1 saturated heterocycles. The Balaban J connectivity index is 1.80. The number of fused-ring (bicyclic) bond motifs is 1. The number of likely N-dealkylation sites (tertiary alicyclic amines) is 1. The van der Waals surface area contributed by atoms with E-state index >= 15 is 0 Å². The zero-order valence-corrected chi connectivity index (χ0v) is 16.7. The van der Waals surface area contributed by atoms with Gasteiger partial charge in [0.1, 0.15) is 11.6 Å². The SMILES string of the molecule is COc1cc(CN2CCC(N)CC2)cc2c(-c3ccc(Cl)cc3)cnc(N)c12. The number of rotatable bonds is 4. The topological polar surface area (TPSA) is 77.4 Å². The average Bonchev–Trinajstić information content (AvgIpc) is 2.70. The number of hydrogen-bond acceptors (Lipinski definition) is 5. The second kappa shape index (κ2) is 7.95. The van der Waals surface area contributed by atoms with Crippen molar-refractivity contribution in [2.45, 2.75) is 25.4 Å². The van der Waals surface area contributed by atoms with Gasteiger partial charge in [-0.25, -0.2) is 4.98 Å². The number of hydrogen-bond donors (Lipinski definition) is 2. The van der Waals surface area contributed by atoms with Crippen molar-refractivity contribution in [3.63, 3.8) is 0 Å². The van der Waals surface area contributed by atoms with Crippen LogP contribution in [-0.2, 0) is 6.54 Å². The van der Waals surface area contributed by atoms with Crippen LogP contribution in [0.15, 0.2) is 42.6 Å². The number of halogens is 1. The summed E-state index contributed by atoms with van der Waals surface area (Å²) in [5.41, 5.74) is 15.5. The molecular weight excluding hydrogens is 372 g/mol. The minimum Gasteiger partial charge on any atom is -0.496 e. The highest BCUT2D eigenvalue weighted by molar-refractivity contribution is 6.30. The maximum atomic E-state index is 6.22. The van der Waals surface area contributed by atoms with E-state index in [1.54, 1.807) is 7.11 Å². The lowest BCUT2D eigenvalue weighted by Gasteiger charge is -2.30. The van der Waals surface area contributed by atoms with Crippen LogP contribution < -0.4 is 16.2 Å². The van der Waals surface area contributed by atoms with Gasteiger partial charge in [-0.15, -0.1) is 0 Å². The van der Waals surface area contributed by atoms with Gasteiger partial charge in [-0.05, 0) is 66.7 Å². The van der Waals surface area contributed by atoms with E-state index in [0.717, 1.165) is 60.1 Å². The number of anilines is 1. The molecule has 146 valence electrons. The third-order valence-corrected chi connectivity index (χ3v) is 5.71. The molecule has 1 aliphatic heterocycles. The molecule has 1 fully saturated rings. The number of nitrogens with zero attached hydrogens (tertiary/aromatic N) is 2. The number of methoxy groups -OCH3 is 1. The number of piperidine rings is 1. The van der Waals surface area contributed by atoms with Gasteiger partial charge < -0.3 is 16.2 Å². The summed E-state index contributed by atoms with van der Waals surface area (Å²) in [5, 5.41) is 2.59. The van der Waals surface area contributed by atoms with Gasteiger partial charge in [0.25, 0.3) is 0 Å². The smallest absolute Gasteiger partial charge is 0.135 e. The van der Waals surface area contributed by atoms with Crippen LogP contribution in [0.25, 0.3) is 21.9 Å². The number of pyridine rings is 1. The van der Waals surface area contributed by atoms with Crippen molar-refractivity contribution in [1.82, 2.24) is 9.88 Å². The van der Waals surface area contributed by atoms with Crippen molar-refractivity contribution in [2.75, 3.05) is 25.9 Å². The average molecular weight is 397 g/mol. The highest BCUT2D eigenvalue weighted by Gasteiger charge is 2.18. The van der Waals surface area contributed by atoms with E-state index in [-0.39, 0.29) is 0 Å². The summed E-state index contributed by atoms with van der Waals surface area (Å²) >= 11 is 6.06. The number of nitrogens with two attached hydrogens (primary N) is 2. The first-order chi connectivity index (χ1) is 13.5. The van der Waals surface area contributed by atoms with E-state index in [0.29, 0.717) is 16.9 Å². The fourth-order valence-electron chi connectivity index (χ4n) is 3.90. The Bertz CT molecular complexity index is 982. The quantitative estimate of drug-likeness (QED) is 0.695. The normalized spacial score (nSPS) is 15.8. The minimum absolute atomic E-state index is 0.324. The second-order valence-electron chi connectivity index (χ2n) is 7.40. The van der Waals surface area contributed by atoms with Gasteiger partial charge >= 0.3 is 0 Å². The van der Waals surface area contributed by atoms with Crippen LogP contribution in [0.5, 0.6) is 5.75 Å². The van der Waals surface area contributed by atoms with Crippen molar-refractivity contribution in [3.05, 3.63) is 53.2 Å². The summed E-state index contributed by atoms with van der Waals surface area (Å²) in [6, 6.07) is 12.4. The van der Waals surface area contributed by atoms with Crippen molar-refractivity contribution in [2.24, 2.45) is 5.73 Å². The van der Waals surface area contributed by atoms with Gasteiger partial charge in [0.05, 0.1) is 12.5 Å². The third-order valence-electron chi connectivity index (χ3n) is 5.45. The van der Waals surface area contributed by atoms with Gasteiger partial charge in [-0.2, -0.15) is 0 Å². The number of benzene rings is 2. The molecule has 1 aromatic heterocycles. The molecule has 0 amide bonds. The molecule has 6 heteroatoms. The van der Waals surface area contributed by atoms with Crippen molar-refractivity contribution >= 4 is 28.2 Å². The van der Waals surface area contributed by atoms with Gasteiger partial charge in [-0.3, -0.25) is 4.90 Å². The van der Waals surface area contributed by atoms with E-state index < -0.39 is 0 Å². The molecule has 1 aliphatic rings. The van der Waals surface area contributed by atoms with E-state index in [4.69, 9.17) is 27.8 Å². The molecular formula is C22H25ClN4O. The molecule has 4 rings (SSSR count). The first kappa shape index (κ1) is 19.0. The molecule has 5 nitrogen and oxygen atoms in total. The predicted molar refractivity (Wildman–Crippen MR) is 116 cm³/mol. The molecule has 0 radical (unpaired) electrons. The summed E-state index contributed by atoms with van der Waals surface area (Å²) in [6.45, 7) is 2.90. The predicted octanol–water partition coefficient (Wildman–Crippen LogP) is 4.07. The largest absolute Gasteiger partial charge is 0.496 e. The van der Waals surface area contributed by atoms with Gasteiger partial charge in [0.2, 0.25) is 0 Å². The summed E-state index contributed by atoms with van der Waals surface area (Å²) < 4.78 is 5.69. The lowest BCUT2D eigenvalue weighted by molar-refractivity contribution is 0.205. The molecule has 28 heavy (non-hydrogen) atoms. The van der Waals surface area contributed by atoms with Crippen molar-refractivity contribution in [1.29, 1.82) is 0 Å². The van der Waals surface area contributed by atoms with Crippen LogP contribution in [0.1, 0.15) is 18.4 Å². The Morgan fingerprint density at radius 2 is 1.89 bits per heavy atom. The lowest BCUT2D eigenvalue weighted by Crippen LogP contribution is -2.39. The fourth-order valence-corrected chi connectivity index (χ4v) is 4.02. The number of nitrogen functional groups attached to an aromatic ring is 1. The molecule has 0 unspecified atom stereocenters. The molecule has 0 aliphatic carbocycles. The summed E-state index contributed by atoms with van der Waals surface area (Å²) in [6.07, 6.45) is 3.90.